The van der Waals surface area contributed by atoms with Crippen molar-refractivity contribution >= 4 is 11.8 Å². The molecule has 0 saturated heterocycles. The molecule has 2 amide bonds. The number of benzene rings is 1. The van der Waals surface area contributed by atoms with Crippen LogP contribution < -0.4 is 10.6 Å². The number of aromatic hydroxyl groups is 2. The lowest BCUT2D eigenvalue weighted by Gasteiger charge is -2.11. The average Bonchev–Trinajstić information content (AvgIpc) is 2.41. The van der Waals surface area contributed by atoms with Gasteiger partial charge in [-0.2, -0.15) is 0 Å². The molecule has 0 aliphatic rings. The molecule has 1 unspecified atom stereocenters. The summed E-state index contributed by atoms with van der Waals surface area (Å²) in [5, 5.41) is 24.1. The van der Waals surface area contributed by atoms with Gasteiger partial charge in [0.15, 0.2) is 11.5 Å². The Morgan fingerprint density at radius 2 is 2.00 bits per heavy atom. The Morgan fingerprint density at radius 1 is 1.30 bits per heavy atom. The van der Waals surface area contributed by atoms with Gasteiger partial charge in [-0.25, -0.2) is 0 Å². The van der Waals surface area contributed by atoms with Gasteiger partial charge in [0.05, 0.1) is 5.56 Å². The van der Waals surface area contributed by atoms with Crippen molar-refractivity contribution in [1.82, 2.24) is 10.6 Å². The van der Waals surface area contributed by atoms with E-state index in [1.54, 1.807) is 0 Å². The zero-order chi connectivity index (χ0) is 15.1. The number of hydrogen-bond acceptors (Lipinski definition) is 4. The van der Waals surface area contributed by atoms with Gasteiger partial charge in [-0.1, -0.05) is 13.0 Å². The number of hydrogen-bond donors (Lipinski definition) is 4. The van der Waals surface area contributed by atoms with E-state index in [-0.39, 0.29) is 36.2 Å². The minimum atomic E-state index is -0.533. The molecule has 0 aliphatic carbocycles. The molecule has 0 heterocycles. The van der Waals surface area contributed by atoms with Crippen LogP contribution in [0.4, 0.5) is 0 Å². The zero-order valence-electron chi connectivity index (χ0n) is 11.6. The van der Waals surface area contributed by atoms with Crippen molar-refractivity contribution in [2.45, 2.75) is 32.7 Å². The fourth-order valence-corrected chi connectivity index (χ4v) is 1.55. The number of amides is 2. The summed E-state index contributed by atoms with van der Waals surface area (Å²) in [7, 11) is 0. The minimum Gasteiger partial charge on any atom is -0.504 e. The molecule has 1 rings (SSSR count). The predicted octanol–water partition coefficient (Wildman–Crippen LogP) is 1.13. The zero-order valence-corrected chi connectivity index (χ0v) is 11.6. The van der Waals surface area contributed by atoms with Crippen LogP contribution in [0.5, 0.6) is 11.5 Å². The van der Waals surface area contributed by atoms with Crippen LogP contribution in [0.15, 0.2) is 18.2 Å². The second-order valence-corrected chi connectivity index (χ2v) is 4.56. The lowest BCUT2D eigenvalue weighted by Crippen LogP contribution is -2.35. The third-order valence-corrected chi connectivity index (χ3v) is 2.92. The molecular weight excluding hydrogens is 260 g/mol. The van der Waals surface area contributed by atoms with Crippen LogP contribution in [0.25, 0.3) is 0 Å². The summed E-state index contributed by atoms with van der Waals surface area (Å²) in [5.74, 6) is -1.49. The highest BCUT2D eigenvalue weighted by atomic mass is 16.3. The van der Waals surface area contributed by atoms with Gasteiger partial charge in [0.1, 0.15) is 0 Å². The van der Waals surface area contributed by atoms with Gasteiger partial charge in [0.25, 0.3) is 5.91 Å². The quantitative estimate of drug-likeness (QED) is 0.587. The van der Waals surface area contributed by atoms with Crippen LogP contribution in [-0.2, 0) is 4.79 Å². The molecule has 110 valence electrons. The molecule has 0 bridgehead atoms. The summed E-state index contributed by atoms with van der Waals surface area (Å²) in [6.45, 7) is 4.04. The van der Waals surface area contributed by atoms with Crippen molar-refractivity contribution in [1.29, 1.82) is 0 Å². The van der Waals surface area contributed by atoms with Gasteiger partial charge < -0.3 is 20.8 Å². The number of carbonyl (C=O) groups excluding carboxylic acids is 2. The monoisotopic (exact) mass is 280 g/mol. The van der Waals surface area contributed by atoms with E-state index >= 15 is 0 Å². The molecule has 1 aromatic carbocycles. The van der Waals surface area contributed by atoms with E-state index < -0.39 is 11.7 Å². The highest BCUT2D eigenvalue weighted by Gasteiger charge is 2.14. The first kappa shape index (κ1) is 15.8. The van der Waals surface area contributed by atoms with E-state index in [4.69, 9.17) is 0 Å². The first-order valence-corrected chi connectivity index (χ1v) is 6.54. The second kappa shape index (κ2) is 7.37. The summed E-state index contributed by atoms with van der Waals surface area (Å²) in [6, 6.07) is 4.24. The normalized spacial score (nSPS) is 11.7. The average molecular weight is 280 g/mol. The van der Waals surface area contributed by atoms with Gasteiger partial charge in [-0.15, -0.1) is 0 Å². The molecule has 6 heteroatoms. The number of carbonyl (C=O) groups is 2. The van der Waals surface area contributed by atoms with Gasteiger partial charge in [-0.3, -0.25) is 9.59 Å². The van der Waals surface area contributed by atoms with E-state index in [0.717, 1.165) is 6.42 Å². The Kier molecular flexibility index (Phi) is 5.83. The smallest absolute Gasteiger partial charge is 0.255 e. The number of phenols is 2. The first-order chi connectivity index (χ1) is 9.45. The second-order valence-electron chi connectivity index (χ2n) is 4.56. The van der Waals surface area contributed by atoms with Crippen LogP contribution in [0.2, 0.25) is 0 Å². The van der Waals surface area contributed by atoms with E-state index in [1.165, 1.54) is 18.2 Å². The Hall–Kier alpha value is -2.24. The van der Waals surface area contributed by atoms with Gasteiger partial charge in [0, 0.05) is 19.0 Å². The molecule has 6 nitrogen and oxygen atoms in total. The maximum Gasteiger partial charge on any atom is 0.255 e. The summed E-state index contributed by atoms with van der Waals surface area (Å²) >= 11 is 0. The molecule has 0 spiro atoms. The van der Waals surface area contributed by atoms with Crippen molar-refractivity contribution in [2.24, 2.45) is 0 Å². The fraction of sp³-hybridized carbons (Fsp3) is 0.429. The van der Waals surface area contributed by atoms with Gasteiger partial charge in [0.2, 0.25) is 5.91 Å². The van der Waals surface area contributed by atoms with Crippen molar-refractivity contribution in [3.05, 3.63) is 23.8 Å². The van der Waals surface area contributed by atoms with Crippen LogP contribution in [0.3, 0.4) is 0 Å². The standard InChI is InChI=1S/C14H20N2O4/c1-3-9(2)16-12(18)7-8-15-14(20)10-5-4-6-11(17)13(10)19/h4-6,9,17,19H,3,7-8H2,1-2H3,(H,15,20)(H,16,18). The van der Waals surface area contributed by atoms with E-state index in [1.807, 2.05) is 13.8 Å². The maximum absolute atomic E-state index is 11.8. The topological polar surface area (TPSA) is 98.7 Å². The van der Waals surface area contributed by atoms with Crippen LogP contribution in [0.1, 0.15) is 37.0 Å². The molecule has 4 N–H and O–H groups in total. The van der Waals surface area contributed by atoms with Crippen LogP contribution in [0, 0.1) is 0 Å². The third kappa shape index (κ3) is 4.46. The summed E-state index contributed by atoms with van der Waals surface area (Å²) < 4.78 is 0. The van der Waals surface area contributed by atoms with Gasteiger partial charge >= 0.3 is 0 Å². The molecule has 0 fully saturated rings. The number of phenolic OH excluding ortho intramolecular Hbond substituents is 2. The predicted molar refractivity (Wildman–Crippen MR) is 74.6 cm³/mol. The Labute approximate surface area is 117 Å². The number of rotatable bonds is 6. The summed E-state index contributed by atoms with van der Waals surface area (Å²) in [5.41, 5.74) is -0.0210. The molecule has 1 aromatic rings. The molecular formula is C14H20N2O4. The molecule has 0 aromatic heterocycles. The summed E-state index contributed by atoms with van der Waals surface area (Å²) in [6.07, 6.45) is 1.00. The van der Waals surface area contributed by atoms with E-state index in [2.05, 4.69) is 10.6 Å². The Balaban J connectivity index is 2.44. The van der Waals surface area contributed by atoms with Crippen molar-refractivity contribution in [3.63, 3.8) is 0 Å². The molecule has 1 atom stereocenters. The van der Waals surface area contributed by atoms with E-state index in [0.29, 0.717) is 0 Å². The minimum absolute atomic E-state index is 0.0210. The highest BCUT2D eigenvalue weighted by Crippen LogP contribution is 2.27. The number of nitrogens with one attached hydrogen (secondary N) is 2. The largest absolute Gasteiger partial charge is 0.504 e. The van der Waals surface area contributed by atoms with Crippen LogP contribution in [-0.4, -0.2) is 34.6 Å². The van der Waals surface area contributed by atoms with Crippen molar-refractivity contribution in [3.8, 4) is 11.5 Å². The lowest BCUT2D eigenvalue weighted by molar-refractivity contribution is -0.121. The lowest BCUT2D eigenvalue weighted by atomic mass is 10.1. The maximum atomic E-state index is 11.8. The summed E-state index contributed by atoms with van der Waals surface area (Å²) in [4.78, 5) is 23.3. The van der Waals surface area contributed by atoms with Crippen LogP contribution >= 0.6 is 0 Å². The molecule has 0 saturated carbocycles. The van der Waals surface area contributed by atoms with Gasteiger partial charge in [-0.05, 0) is 25.5 Å². The Morgan fingerprint density at radius 3 is 2.65 bits per heavy atom. The highest BCUT2D eigenvalue weighted by molar-refractivity contribution is 5.97. The van der Waals surface area contributed by atoms with Crippen molar-refractivity contribution < 1.29 is 19.8 Å². The Bertz CT molecular complexity index is 488. The number of para-hydroxylation sites is 1. The molecule has 20 heavy (non-hydrogen) atoms. The first-order valence-electron chi connectivity index (χ1n) is 6.54. The molecule has 0 aliphatic heterocycles. The fourth-order valence-electron chi connectivity index (χ4n) is 1.55. The SMILES string of the molecule is CCC(C)NC(=O)CCNC(=O)c1cccc(O)c1O. The van der Waals surface area contributed by atoms with E-state index in [9.17, 15) is 19.8 Å². The third-order valence-electron chi connectivity index (χ3n) is 2.92. The van der Waals surface area contributed by atoms with Crippen molar-refractivity contribution in [2.75, 3.05) is 6.54 Å². The molecule has 0 radical (unpaired) electrons.